The van der Waals surface area contributed by atoms with Gasteiger partial charge in [0.15, 0.2) is 0 Å². The van der Waals surface area contributed by atoms with Crippen LogP contribution < -0.4 is 0 Å². The summed E-state index contributed by atoms with van der Waals surface area (Å²) in [6.45, 7) is 5.92. The monoisotopic (exact) mass is 355 g/mol. The van der Waals surface area contributed by atoms with Gasteiger partial charge in [0, 0.05) is 43.2 Å². The minimum atomic E-state index is 0.0697. The second-order valence-corrected chi connectivity index (χ2v) is 8.37. The molecule has 5 heteroatoms. The van der Waals surface area contributed by atoms with Crippen molar-refractivity contribution in [2.45, 2.75) is 51.2 Å². The predicted octanol–water partition coefficient (Wildman–Crippen LogP) is 3.61. The van der Waals surface area contributed by atoms with E-state index in [9.17, 15) is 4.79 Å². The van der Waals surface area contributed by atoms with Gasteiger partial charge in [-0.15, -0.1) is 11.3 Å². The third-order valence-electron chi connectivity index (χ3n) is 5.73. The topological polar surface area (TPSA) is 36.4 Å². The molecule has 4 rings (SSSR count). The third-order valence-corrected chi connectivity index (χ3v) is 6.49. The molecule has 2 fully saturated rings. The first-order valence-corrected chi connectivity index (χ1v) is 9.99. The van der Waals surface area contributed by atoms with E-state index in [4.69, 9.17) is 0 Å². The normalized spacial score (nSPS) is 20.5. The van der Waals surface area contributed by atoms with Crippen molar-refractivity contribution in [3.8, 4) is 0 Å². The molecule has 0 saturated carbocycles. The van der Waals surface area contributed by atoms with E-state index >= 15 is 0 Å². The van der Waals surface area contributed by atoms with Crippen molar-refractivity contribution in [2.24, 2.45) is 0 Å². The van der Waals surface area contributed by atoms with Crippen molar-refractivity contribution in [1.29, 1.82) is 0 Å². The molecule has 0 aliphatic carbocycles. The van der Waals surface area contributed by atoms with Gasteiger partial charge in [-0.1, -0.05) is 29.8 Å². The Morgan fingerprint density at radius 2 is 2.04 bits per heavy atom. The van der Waals surface area contributed by atoms with E-state index in [0.717, 1.165) is 45.4 Å². The number of aromatic nitrogens is 1. The van der Waals surface area contributed by atoms with E-state index in [-0.39, 0.29) is 5.54 Å². The first-order valence-electron chi connectivity index (χ1n) is 9.11. The number of likely N-dealkylation sites (tertiary alicyclic amines) is 2. The van der Waals surface area contributed by atoms with Gasteiger partial charge in [-0.2, -0.15) is 0 Å². The van der Waals surface area contributed by atoms with Crippen molar-refractivity contribution in [3.63, 3.8) is 0 Å². The van der Waals surface area contributed by atoms with Crippen LogP contribution in [0.1, 0.15) is 41.8 Å². The molecule has 1 amide bonds. The predicted molar refractivity (Wildman–Crippen MR) is 100 cm³/mol. The summed E-state index contributed by atoms with van der Waals surface area (Å²) in [6, 6.07) is 8.55. The van der Waals surface area contributed by atoms with Crippen molar-refractivity contribution in [1.82, 2.24) is 14.8 Å². The summed E-state index contributed by atoms with van der Waals surface area (Å²) in [4.78, 5) is 21.6. The van der Waals surface area contributed by atoms with Gasteiger partial charge in [-0.05, 0) is 31.7 Å². The number of hydrogen-bond acceptors (Lipinski definition) is 4. The largest absolute Gasteiger partial charge is 0.333 e. The Bertz CT molecular complexity index is 735. The Morgan fingerprint density at radius 1 is 1.20 bits per heavy atom. The maximum Gasteiger partial charge on any atom is 0.223 e. The van der Waals surface area contributed by atoms with Crippen molar-refractivity contribution in [2.75, 3.05) is 13.1 Å². The van der Waals surface area contributed by atoms with E-state index in [1.54, 1.807) is 11.3 Å². The zero-order chi connectivity index (χ0) is 17.3. The molecular weight excluding hydrogens is 330 g/mol. The highest BCUT2D eigenvalue weighted by Crippen LogP contribution is 2.40. The molecule has 1 spiro atoms. The van der Waals surface area contributed by atoms with Gasteiger partial charge >= 0.3 is 0 Å². The fourth-order valence-electron chi connectivity index (χ4n) is 4.29. The van der Waals surface area contributed by atoms with Gasteiger partial charge in [0.05, 0.1) is 6.54 Å². The van der Waals surface area contributed by atoms with E-state index < -0.39 is 0 Å². The molecule has 1 aromatic carbocycles. The van der Waals surface area contributed by atoms with Gasteiger partial charge in [-0.3, -0.25) is 9.69 Å². The van der Waals surface area contributed by atoms with E-state index in [1.807, 2.05) is 11.6 Å². The Morgan fingerprint density at radius 3 is 2.76 bits per heavy atom. The molecule has 3 heterocycles. The van der Waals surface area contributed by atoms with Crippen LogP contribution in [0.5, 0.6) is 0 Å². The lowest BCUT2D eigenvalue weighted by molar-refractivity contribution is -0.133. The van der Waals surface area contributed by atoms with Crippen LogP contribution in [0.2, 0.25) is 0 Å². The quantitative estimate of drug-likeness (QED) is 0.841. The van der Waals surface area contributed by atoms with E-state index in [0.29, 0.717) is 12.3 Å². The Hall–Kier alpha value is -1.72. The van der Waals surface area contributed by atoms with Crippen molar-refractivity contribution in [3.05, 3.63) is 52.0 Å². The second kappa shape index (κ2) is 6.89. The van der Waals surface area contributed by atoms with Gasteiger partial charge in [0.2, 0.25) is 5.91 Å². The maximum absolute atomic E-state index is 12.6. The molecule has 4 nitrogen and oxygen atoms in total. The minimum absolute atomic E-state index is 0.0697. The fraction of sp³-hybridized carbons (Fsp3) is 0.500. The van der Waals surface area contributed by atoms with Gasteiger partial charge in [-0.25, -0.2) is 4.98 Å². The summed E-state index contributed by atoms with van der Waals surface area (Å²) in [6.07, 6.45) is 5.76. The number of nitrogens with zero attached hydrogens (tertiary/aromatic N) is 3. The number of rotatable bonds is 4. The Labute approximate surface area is 153 Å². The molecule has 2 saturated heterocycles. The zero-order valence-electron chi connectivity index (χ0n) is 14.8. The molecule has 2 aliphatic rings. The lowest BCUT2D eigenvalue weighted by Gasteiger charge is -2.45. The summed E-state index contributed by atoms with van der Waals surface area (Å²) >= 11 is 1.73. The van der Waals surface area contributed by atoms with E-state index in [1.165, 1.54) is 16.1 Å². The highest BCUT2D eigenvalue weighted by Gasteiger charge is 2.46. The number of piperidine rings is 1. The number of amides is 1. The first-order chi connectivity index (χ1) is 12.1. The summed E-state index contributed by atoms with van der Waals surface area (Å²) < 4.78 is 0. The second-order valence-electron chi connectivity index (χ2n) is 7.40. The van der Waals surface area contributed by atoms with Gasteiger partial charge in [0.25, 0.3) is 0 Å². The average Bonchev–Trinajstić information content (AvgIpc) is 3.21. The molecule has 0 N–H and O–H groups in total. The molecule has 25 heavy (non-hydrogen) atoms. The number of benzene rings is 1. The SMILES string of the molecule is Cc1cccc(CN2C(=O)CCC23CCN(Cc2nccs2)CC3)c1. The Kier molecular flexibility index (Phi) is 4.61. The lowest BCUT2D eigenvalue weighted by atomic mass is 9.84. The number of aryl methyl sites for hydroxylation is 1. The standard InChI is InChI=1S/C20H25N3OS/c1-16-3-2-4-17(13-16)14-23-19(24)5-6-20(23)7-10-22(11-8-20)15-18-21-9-12-25-18/h2-4,9,12-13H,5-8,10-11,14-15H2,1H3. The van der Waals surface area contributed by atoms with Crippen LogP contribution >= 0.6 is 11.3 Å². The van der Waals surface area contributed by atoms with Crippen molar-refractivity contribution >= 4 is 17.2 Å². The zero-order valence-corrected chi connectivity index (χ0v) is 15.6. The fourth-order valence-corrected chi connectivity index (χ4v) is 4.95. The molecule has 132 valence electrons. The van der Waals surface area contributed by atoms with Gasteiger partial charge in [0.1, 0.15) is 5.01 Å². The van der Waals surface area contributed by atoms with Crippen LogP contribution in [0.4, 0.5) is 0 Å². The van der Waals surface area contributed by atoms with Crippen LogP contribution in [-0.4, -0.2) is 39.3 Å². The number of thiazole rings is 1. The molecule has 0 bridgehead atoms. The Balaban J connectivity index is 1.44. The van der Waals surface area contributed by atoms with Crippen molar-refractivity contribution < 1.29 is 4.79 Å². The highest BCUT2D eigenvalue weighted by atomic mass is 32.1. The molecule has 1 aromatic heterocycles. The molecule has 0 atom stereocenters. The summed E-state index contributed by atoms with van der Waals surface area (Å²) in [7, 11) is 0. The molecule has 0 unspecified atom stereocenters. The number of carbonyl (C=O) groups excluding carboxylic acids is 1. The average molecular weight is 356 g/mol. The molecule has 2 aliphatic heterocycles. The summed E-state index contributed by atoms with van der Waals surface area (Å²) in [5.41, 5.74) is 2.58. The molecule has 2 aromatic rings. The number of carbonyl (C=O) groups is 1. The molecular formula is C20H25N3OS. The van der Waals surface area contributed by atoms with Crippen LogP contribution in [0.25, 0.3) is 0 Å². The maximum atomic E-state index is 12.6. The van der Waals surface area contributed by atoms with Crippen LogP contribution in [0.15, 0.2) is 35.8 Å². The summed E-state index contributed by atoms with van der Waals surface area (Å²) in [5.74, 6) is 0.329. The highest BCUT2D eigenvalue weighted by molar-refractivity contribution is 7.09. The smallest absolute Gasteiger partial charge is 0.223 e. The van der Waals surface area contributed by atoms with E-state index in [2.05, 4.69) is 46.0 Å². The van der Waals surface area contributed by atoms with Crippen LogP contribution in [-0.2, 0) is 17.9 Å². The minimum Gasteiger partial charge on any atom is -0.333 e. The van der Waals surface area contributed by atoms with Gasteiger partial charge < -0.3 is 4.90 Å². The lowest BCUT2D eigenvalue weighted by Crippen LogP contribution is -2.52. The molecule has 0 radical (unpaired) electrons. The van der Waals surface area contributed by atoms with Crippen LogP contribution in [0, 0.1) is 6.92 Å². The number of hydrogen-bond donors (Lipinski definition) is 0. The summed E-state index contributed by atoms with van der Waals surface area (Å²) in [5, 5.41) is 3.23. The van der Waals surface area contributed by atoms with Crippen LogP contribution in [0.3, 0.4) is 0 Å². The third kappa shape index (κ3) is 3.48. The first kappa shape index (κ1) is 16.7.